The van der Waals surface area contributed by atoms with Crippen molar-refractivity contribution in [2.75, 3.05) is 37.9 Å². The highest BCUT2D eigenvalue weighted by atomic mass is 16.5. The van der Waals surface area contributed by atoms with E-state index in [2.05, 4.69) is 17.2 Å². The van der Waals surface area contributed by atoms with Crippen molar-refractivity contribution in [2.45, 2.75) is 19.8 Å². The summed E-state index contributed by atoms with van der Waals surface area (Å²) < 4.78 is 5.61. The summed E-state index contributed by atoms with van der Waals surface area (Å²) >= 11 is 0. The standard InChI is InChI=1S/C23H29N3O3/c1-17(2)16-29-21-10-6-8-19(14-21)24-15-22(27)25-20-9-5-7-18(13-20)11-12-23(28)26(3)4/h5-10,13-14,24H,1,11-12,15-16H2,2-4H3,(H,25,27). The molecule has 0 aromatic heterocycles. The van der Waals surface area contributed by atoms with Gasteiger partial charge in [0, 0.05) is 38.0 Å². The Morgan fingerprint density at radius 1 is 1.07 bits per heavy atom. The zero-order chi connectivity index (χ0) is 21.2. The Labute approximate surface area is 172 Å². The maximum atomic E-state index is 12.3. The SMILES string of the molecule is C=C(C)COc1cccc(NCC(=O)Nc2cccc(CCC(=O)N(C)C)c2)c1. The maximum absolute atomic E-state index is 12.3. The van der Waals surface area contributed by atoms with Gasteiger partial charge in [0.2, 0.25) is 11.8 Å². The highest BCUT2D eigenvalue weighted by molar-refractivity contribution is 5.93. The highest BCUT2D eigenvalue weighted by Crippen LogP contribution is 2.18. The Morgan fingerprint density at radius 2 is 1.79 bits per heavy atom. The fourth-order valence-electron chi connectivity index (χ4n) is 2.57. The van der Waals surface area contributed by atoms with Gasteiger partial charge in [-0.2, -0.15) is 0 Å². The van der Waals surface area contributed by atoms with Crippen LogP contribution in [0.5, 0.6) is 5.75 Å². The molecule has 2 aromatic rings. The van der Waals surface area contributed by atoms with Gasteiger partial charge in [-0.15, -0.1) is 0 Å². The number of anilines is 2. The van der Waals surface area contributed by atoms with Crippen LogP contribution in [0.15, 0.2) is 60.7 Å². The maximum Gasteiger partial charge on any atom is 0.243 e. The quantitative estimate of drug-likeness (QED) is 0.602. The van der Waals surface area contributed by atoms with Crippen molar-refractivity contribution in [3.8, 4) is 5.75 Å². The molecule has 2 rings (SSSR count). The largest absolute Gasteiger partial charge is 0.489 e. The number of aryl methyl sites for hydroxylation is 1. The molecule has 6 heteroatoms. The second-order valence-corrected chi connectivity index (χ2v) is 7.16. The first kappa shape index (κ1) is 22.0. The Kier molecular flexibility index (Phi) is 8.27. The van der Waals surface area contributed by atoms with Gasteiger partial charge in [0.25, 0.3) is 0 Å². The third-order valence-electron chi connectivity index (χ3n) is 4.11. The van der Waals surface area contributed by atoms with Crippen molar-refractivity contribution in [1.29, 1.82) is 0 Å². The number of ether oxygens (including phenoxy) is 1. The van der Waals surface area contributed by atoms with Gasteiger partial charge in [-0.3, -0.25) is 9.59 Å². The van der Waals surface area contributed by atoms with Crippen molar-refractivity contribution in [3.05, 3.63) is 66.2 Å². The lowest BCUT2D eigenvalue weighted by molar-refractivity contribution is -0.128. The number of carbonyl (C=O) groups excluding carboxylic acids is 2. The number of hydrogen-bond donors (Lipinski definition) is 2. The molecular weight excluding hydrogens is 366 g/mol. The molecule has 0 aliphatic heterocycles. The number of nitrogens with zero attached hydrogens (tertiary/aromatic N) is 1. The molecule has 0 saturated carbocycles. The van der Waals surface area contributed by atoms with E-state index in [0.717, 1.165) is 22.6 Å². The highest BCUT2D eigenvalue weighted by Gasteiger charge is 2.07. The molecule has 0 unspecified atom stereocenters. The average molecular weight is 396 g/mol. The number of rotatable bonds is 10. The van der Waals surface area contributed by atoms with E-state index in [1.54, 1.807) is 19.0 Å². The molecule has 29 heavy (non-hydrogen) atoms. The molecule has 0 heterocycles. The zero-order valence-electron chi connectivity index (χ0n) is 17.3. The van der Waals surface area contributed by atoms with Gasteiger partial charge in [0.15, 0.2) is 0 Å². The van der Waals surface area contributed by atoms with Crippen LogP contribution in [0.2, 0.25) is 0 Å². The average Bonchev–Trinajstić information content (AvgIpc) is 2.69. The van der Waals surface area contributed by atoms with E-state index in [4.69, 9.17) is 4.74 Å². The molecular formula is C23H29N3O3. The van der Waals surface area contributed by atoms with Gasteiger partial charge < -0.3 is 20.3 Å². The molecule has 0 saturated heterocycles. The molecule has 0 aliphatic carbocycles. The monoisotopic (exact) mass is 395 g/mol. The Hall–Kier alpha value is -3.28. The van der Waals surface area contributed by atoms with E-state index in [9.17, 15) is 9.59 Å². The number of hydrogen-bond acceptors (Lipinski definition) is 4. The lowest BCUT2D eigenvalue weighted by Crippen LogP contribution is -2.22. The summed E-state index contributed by atoms with van der Waals surface area (Å²) in [6.45, 7) is 6.31. The van der Waals surface area contributed by atoms with Crippen LogP contribution in [0.1, 0.15) is 18.9 Å². The van der Waals surface area contributed by atoms with Crippen LogP contribution in [-0.2, 0) is 16.0 Å². The summed E-state index contributed by atoms with van der Waals surface area (Å²) in [4.78, 5) is 25.6. The van der Waals surface area contributed by atoms with E-state index in [0.29, 0.717) is 25.1 Å². The van der Waals surface area contributed by atoms with Gasteiger partial charge >= 0.3 is 0 Å². The Balaban J connectivity index is 1.85. The summed E-state index contributed by atoms with van der Waals surface area (Å²) in [6, 6.07) is 15.0. The summed E-state index contributed by atoms with van der Waals surface area (Å²) in [7, 11) is 3.49. The number of nitrogens with one attached hydrogen (secondary N) is 2. The first-order chi connectivity index (χ1) is 13.8. The van der Waals surface area contributed by atoms with Gasteiger partial charge in [0.05, 0.1) is 6.54 Å². The zero-order valence-corrected chi connectivity index (χ0v) is 17.3. The molecule has 0 bridgehead atoms. The second-order valence-electron chi connectivity index (χ2n) is 7.16. The minimum Gasteiger partial charge on any atom is -0.489 e. The van der Waals surface area contributed by atoms with Crippen molar-refractivity contribution >= 4 is 23.2 Å². The summed E-state index contributed by atoms with van der Waals surface area (Å²) in [5, 5.41) is 5.97. The van der Waals surface area contributed by atoms with E-state index in [1.165, 1.54) is 0 Å². The molecule has 2 amide bonds. The Morgan fingerprint density at radius 3 is 2.52 bits per heavy atom. The molecule has 154 valence electrons. The van der Waals surface area contributed by atoms with Crippen LogP contribution < -0.4 is 15.4 Å². The lowest BCUT2D eigenvalue weighted by atomic mass is 10.1. The van der Waals surface area contributed by atoms with Crippen molar-refractivity contribution in [3.63, 3.8) is 0 Å². The third kappa shape index (κ3) is 8.09. The van der Waals surface area contributed by atoms with E-state index >= 15 is 0 Å². The van der Waals surface area contributed by atoms with Crippen LogP contribution in [0.25, 0.3) is 0 Å². The Bertz CT molecular complexity index is 862. The molecule has 0 aliphatic rings. The molecule has 6 nitrogen and oxygen atoms in total. The molecule has 2 aromatic carbocycles. The minimum atomic E-state index is -0.153. The van der Waals surface area contributed by atoms with Crippen molar-refractivity contribution < 1.29 is 14.3 Å². The first-order valence-electron chi connectivity index (χ1n) is 9.53. The number of benzene rings is 2. The van der Waals surface area contributed by atoms with Crippen LogP contribution in [0.3, 0.4) is 0 Å². The van der Waals surface area contributed by atoms with Gasteiger partial charge in [-0.05, 0) is 48.7 Å². The summed E-state index contributed by atoms with van der Waals surface area (Å²) in [6.07, 6.45) is 1.08. The van der Waals surface area contributed by atoms with Crippen LogP contribution in [0, 0.1) is 0 Å². The third-order valence-corrected chi connectivity index (χ3v) is 4.11. The van der Waals surface area contributed by atoms with Crippen LogP contribution >= 0.6 is 0 Å². The van der Waals surface area contributed by atoms with E-state index < -0.39 is 0 Å². The fraction of sp³-hybridized carbons (Fsp3) is 0.304. The van der Waals surface area contributed by atoms with E-state index in [-0.39, 0.29) is 18.4 Å². The second kappa shape index (κ2) is 10.9. The predicted octanol–water partition coefficient (Wildman–Crippen LogP) is 3.71. The van der Waals surface area contributed by atoms with Gasteiger partial charge in [0.1, 0.15) is 12.4 Å². The van der Waals surface area contributed by atoms with Crippen molar-refractivity contribution in [2.24, 2.45) is 0 Å². The van der Waals surface area contributed by atoms with Gasteiger partial charge in [-0.25, -0.2) is 0 Å². The molecule has 0 spiro atoms. The fourth-order valence-corrected chi connectivity index (χ4v) is 2.57. The van der Waals surface area contributed by atoms with Crippen molar-refractivity contribution in [1.82, 2.24) is 4.90 Å². The minimum absolute atomic E-state index is 0.0816. The van der Waals surface area contributed by atoms with Crippen LogP contribution in [0.4, 0.5) is 11.4 Å². The lowest BCUT2D eigenvalue weighted by Gasteiger charge is -2.12. The topological polar surface area (TPSA) is 70.7 Å². The van der Waals surface area contributed by atoms with E-state index in [1.807, 2.05) is 55.5 Å². The molecule has 0 atom stereocenters. The summed E-state index contributed by atoms with van der Waals surface area (Å²) in [5.74, 6) is 0.649. The van der Waals surface area contributed by atoms with Gasteiger partial charge in [-0.1, -0.05) is 24.8 Å². The molecule has 0 radical (unpaired) electrons. The smallest absolute Gasteiger partial charge is 0.243 e. The summed E-state index contributed by atoms with van der Waals surface area (Å²) in [5.41, 5.74) is 3.46. The molecule has 2 N–H and O–H groups in total. The predicted molar refractivity (Wildman–Crippen MR) is 117 cm³/mol. The van der Waals surface area contributed by atoms with Crippen LogP contribution in [-0.4, -0.2) is 44.0 Å². The molecule has 0 fully saturated rings. The number of amides is 2. The first-order valence-corrected chi connectivity index (χ1v) is 9.53. The normalized spacial score (nSPS) is 10.2. The number of carbonyl (C=O) groups is 2.